The second kappa shape index (κ2) is 7.83. The molecule has 0 atom stereocenters. The zero-order chi connectivity index (χ0) is 18.5. The number of thiazole rings is 1. The number of nitrogens with zero attached hydrogens (tertiary/aromatic N) is 1. The first-order chi connectivity index (χ1) is 12.6. The molecule has 0 bridgehead atoms. The number of methoxy groups -OCH3 is 2. The molecule has 8 heteroatoms. The molecule has 3 aromatic rings. The number of ether oxygens (including phenoxy) is 3. The van der Waals surface area contributed by atoms with Gasteiger partial charge in [-0.25, -0.2) is 9.78 Å². The van der Waals surface area contributed by atoms with Gasteiger partial charge in [0.2, 0.25) is 0 Å². The highest BCUT2D eigenvalue weighted by molar-refractivity contribution is 7.22. The summed E-state index contributed by atoms with van der Waals surface area (Å²) in [5, 5.41) is 3.12. The summed E-state index contributed by atoms with van der Waals surface area (Å²) in [6, 6.07) is 12.0. The first-order valence-electron chi connectivity index (χ1n) is 7.64. The van der Waals surface area contributed by atoms with Crippen LogP contribution >= 0.6 is 11.3 Å². The van der Waals surface area contributed by atoms with E-state index in [4.69, 9.17) is 14.2 Å². The largest absolute Gasteiger partial charge is 0.497 e. The smallest absolute Gasteiger partial charge is 0.337 e. The molecule has 1 aromatic heterocycles. The molecule has 0 aliphatic rings. The van der Waals surface area contributed by atoms with Gasteiger partial charge in [-0.3, -0.25) is 10.1 Å². The van der Waals surface area contributed by atoms with Gasteiger partial charge >= 0.3 is 5.97 Å². The maximum absolute atomic E-state index is 12.0. The van der Waals surface area contributed by atoms with Crippen molar-refractivity contribution in [2.45, 2.75) is 0 Å². The van der Waals surface area contributed by atoms with E-state index in [1.807, 2.05) is 0 Å². The van der Waals surface area contributed by atoms with Crippen LogP contribution in [0.3, 0.4) is 0 Å². The van der Waals surface area contributed by atoms with Gasteiger partial charge in [-0.15, -0.1) is 0 Å². The zero-order valence-corrected chi connectivity index (χ0v) is 15.0. The lowest BCUT2D eigenvalue weighted by molar-refractivity contribution is -0.118. The number of hydrogen-bond donors (Lipinski definition) is 1. The number of hydrogen-bond acceptors (Lipinski definition) is 7. The summed E-state index contributed by atoms with van der Waals surface area (Å²) >= 11 is 1.27. The third-order valence-electron chi connectivity index (χ3n) is 3.49. The van der Waals surface area contributed by atoms with Crippen LogP contribution in [0.25, 0.3) is 10.2 Å². The standard InChI is InChI=1S/C18H16N2O5S/c1-23-12-4-6-13(7-5-12)25-10-16(21)20-18-19-14-8-3-11(17(22)24-2)9-15(14)26-18/h3-9H,10H2,1-2H3,(H,19,20,21). The van der Waals surface area contributed by atoms with Crippen LogP contribution in [0.4, 0.5) is 5.13 Å². The number of carbonyl (C=O) groups is 2. The van der Waals surface area contributed by atoms with E-state index in [0.717, 1.165) is 4.70 Å². The minimum Gasteiger partial charge on any atom is -0.497 e. The Morgan fingerprint density at radius 2 is 1.81 bits per heavy atom. The number of nitrogens with one attached hydrogen (secondary N) is 1. The molecule has 0 radical (unpaired) electrons. The summed E-state index contributed by atoms with van der Waals surface area (Å²) in [6.45, 7) is -0.143. The molecule has 0 aliphatic heterocycles. The second-order valence-electron chi connectivity index (χ2n) is 5.21. The lowest BCUT2D eigenvalue weighted by atomic mass is 10.2. The highest BCUT2D eigenvalue weighted by atomic mass is 32.1. The molecule has 7 nitrogen and oxygen atoms in total. The van der Waals surface area contributed by atoms with Crippen LogP contribution in [0.1, 0.15) is 10.4 Å². The third-order valence-corrected chi connectivity index (χ3v) is 4.42. The number of esters is 1. The number of fused-ring (bicyclic) bond motifs is 1. The number of rotatable bonds is 6. The average Bonchev–Trinajstić information content (AvgIpc) is 3.07. The molecule has 0 fully saturated rings. The average molecular weight is 372 g/mol. The predicted octanol–water partition coefficient (Wildman–Crippen LogP) is 3.11. The van der Waals surface area contributed by atoms with E-state index in [9.17, 15) is 9.59 Å². The molecule has 2 aromatic carbocycles. The number of benzene rings is 2. The molecule has 1 N–H and O–H groups in total. The Bertz CT molecular complexity index is 936. The van der Waals surface area contributed by atoms with Crippen molar-refractivity contribution in [1.29, 1.82) is 0 Å². The fraction of sp³-hybridized carbons (Fsp3) is 0.167. The van der Waals surface area contributed by atoms with Crippen molar-refractivity contribution in [3.05, 3.63) is 48.0 Å². The van der Waals surface area contributed by atoms with Crippen molar-refractivity contribution >= 4 is 38.6 Å². The van der Waals surface area contributed by atoms with E-state index < -0.39 is 5.97 Å². The van der Waals surface area contributed by atoms with Gasteiger partial charge in [0.05, 0.1) is 30.0 Å². The molecule has 0 unspecified atom stereocenters. The number of anilines is 1. The van der Waals surface area contributed by atoms with E-state index in [0.29, 0.717) is 27.7 Å². The van der Waals surface area contributed by atoms with Crippen molar-refractivity contribution in [2.75, 3.05) is 26.1 Å². The Morgan fingerprint density at radius 3 is 2.50 bits per heavy atom. The maximum Gasteiger partial charge on any atom is 0.337 e. The number of aromatic nitrogens is 1. The highest BCUT2D eigenvalue weighted by Crippen LogP contribution is 2.27. The van der Waals surface area contributed by atoms with Crippen LogP contribution in [-0.4, -0.2) is 37.7 Å². The van der Waals surface area contributed by atoms with Gasteiger partial charge in [-0.05, 0) is 42.5 Å². The predicted molar refractivity (Wildman–Crippen MR) is 98.1 cm³/mol. The third kappa shape index (κ3) is 4.09. The molecule has 0 saturated carbocycles. The molecule has 26 heavy (non-hydrogen) atoms. The minimum absolute atomic E-state index is 0.143. The topological polar surface area (TPSA) is 86.8 Å². The molecule has 0 saturated heterocycles. The van der Waals surface area contributed by atoms with E-state index in [2.05, 4.69) is 10.3 Å². The van der Waals surface area contributed by atoms with E-state index in [1.54, 1.807) is 49.6 Å². The van der Waals surface area contributed by atoms with Crippen LogP contribution in [-0.2, 0) is 9.53 Å². The van der Waals surface area contributed by atoms with Crippen LogP contribution in [0, 0.1) is 0 Å². The second-order valence-corrected chi connectivity index (χ2v) is 6.24. The quantitative estimate of drug-likeness (QED) is 0.669. The van der Waals surface area contributed by atoms with Gasteiger partial charge < -0.3 is 14.2 Å². The summed E-state index contributed by atoms with van der Waals surface area (Å²) < 4.78 is 16.0. The van der Waals surface area contributed by atoms with Gasteiger partial charge in [0.1, 0.15) is 11.5 Å². The lowest BCUT2D eigenvalue weighted by Crippen LogP contribution is -2.19. The minimum atomic E-state index is -0.418. The van der Waals surface area contributed by atoms with Crippen molar-refractivity contribution in [3.63, 3.8) is 0 Å². The molecule has 0 aliphatic carbocycles. The summed E-state index contributed by atoms with van der Waals surface area (Å²) in [5.41, 5.74) is 1.12. The molecular weight excluding hydrogens is 356 g/mol. The number of carbonyl (C=O) groups excluding carboxylic acids is 2. The Hall–Kier alpha value is -3.13. The monoisotopic (exact) mass is 372 g/mol. The summed E-state index contributed by atoms with van der Waals surface area (Å²) in [6.07, 6.45) is 0. The normalized spacial score (nSPS) is 10.4. The van der Waals surface area contributed by atoms with Crippen LogP contribution in [0.2, 0.25) is 0 Å². The lowest BCUT2D eigenvalue weighted by Gasteiger charge is -2.06. The van der Waals surface area contributed by atoms with Crippen LogP contribution in [0.5, 0.6) is 11.5 Å². The highest BCUT2D eigenvalue weighted by Gasteiger charge is 2.11. The van der Waals surface area contributed by atoms with Crippen LogP contribution in [0.15, 0.2) is 42.5 Å². The SMILES string of the molecule is COC(=O)c1ccc2nc(NC(=O)COc3ccc(OC)cc3)sc2c1. The fourth-order valence-electron chi connectivity index (χ4n) is 2.20. The van der Waals surface area contributed by atoms with Crippen molar-refractivity contribution in [2.24, 2.45) is 0 Å². The summed E-state index contributed by atoms with van der Waals surface area (Å²) in [7, 11) is 2.91. The molecular formula is C18H16N2O5S. The molecule has 134 valence electrons. The first kappa shape index (κ1) is 17.7. The van der Waals surface area contributed by atoms with Gasteiger partial charge in [0, 0.05) is 0 Å². The zero-order valence-electron chi connectivity index (χ0n) is 14.1. The van der Waals surface area contributed by atoms with Crippen molar-refractivity contribution in [1.82, 2.24) is 4.98 Å². The Balaban J connectivity index is 1.62. The van der Waals surface area contributed by atoms with Gasteiger partial charge in [-0.1, -0.05) is 11.3 Å². The van der Waals surface area contributed by atoms with Gasteiger partial charge in [-0.2, -0.15) is 0 Å². The van der Waals surface area contributed by atoms with Crippen LogP contribution < -0.4 is 14.8 Å². The summed E-state index contributed by atoms with van der Waals surface area (Å²) in [4.78, 5) is 27.9. The van der Waals surface area contributed by atoms with Crippen molar-refractivity contribution < 1.29 is 23.8 Å². The number of amides is 1. The van der Waals surface area contributed by atoms with Gasteiger partial charge in [0.15, 0.2) is 11.7 Å². The molecule has 0 spiro atoms. The Labute approximate surface area is 153 Å². The van der Waals surface area contributed by atoms with Crippen molar-refractivity contribution in [3.8, 4) is 11.5 Å². The van der Waals surface area contributed by atoms with Gasteiger partial charge in [0.25, 0.3) is 5.91 Å². The van der Waals surface area contributed by atoms with E-state index in [1.165, 1.54) is 18.4 Å². The fourth-order valence-corrected chi connectivity index (χ4v) is 3.12. The maximum atomic E-state index is 12.0. The molecule has 3 rings (SSSR count). The molecule has 1 amide bonds. The van der Waals surface area contributed by atoms with E-state index >= 15 is 0 Å². The Morgan fingerprint density at radius 1 is 1.08 bits per heavy atom. The Kier molecular flexibility index (Phi) is 5.33. The first-order valence-corrected chi connectivity index (χ1v) is 8.46. The molecule has 1 heterocycles. The van der Waals surface area contributed by atoms with E-state index in [-0.39, 0.29) is 12.5 Å². The summed E-state index contributed by atoms with van der Waals surface area (Å²) in [5.74, 6) is 0.530.